The van der Waals surface area contributed by atoms with E-state index in [1.165, 1.54) is 0 Å². The Kier molecular flexibility index (Phi) is 5.61. The number of amides is 1. The molecular formula is C24H25N3O3S. The third-order valence-corrected chi connectivity index (χ3v) is 6.82. The summed E-state index contributed by atoms with van der Waals surface area (Å²) in [5, 5.41) is 3.14. The zero-order chi connectivity index (χ0) is 21.2. The molecule has 1 fully saturated rings. The summed E-state index contributed by atoms with van der Waals surface area (Å²) in [7, 11) is 1.67. The van der Waals surface area contributed by atoms with Gasteiger partial charge in [0, 0.05) is 50.1 Å². The molecule has 1 unspecified atom stereocenters. The zero-order valence-electron chi connectivity index (χ0n) is 17.5. The fourth-order valence-electron chi connectivity index (χ4n) is 4.12. The quantitative estimate of drug-likeness (QED) is 0.614. The molecule has 0 spiro atoms. The summed E-state index contributed by atoms with van der Waals surface area (Å²) >= 11 is 1.66. The third kappa shape index (κ3) is 4.29. The summed E-state index contributed by atoms with van der Waals surface area (Å²) in [5.41, 5.74) is 3.30. The molecular weight excluding hydrogens is 410 g/mol. The van der Waals surface area contributed by atoms with Crippen LogP contribution in [-0.2, 0) is 17.8 Å². The highest BCUT2D eigenvalue weighted by atomic mass is 32.1. The van der Waals surface area contributed by atoms with E-state index in [9.17, 15) is 4.79 Å². The first-order chi connectivity index (χ1) is 15.2. The molecule has 3 heterocycles. The van der Waals surface area contributed by atoms with Crippen molar-refractivity contribution in [3.05, 3.63) is 65.2 Å². The van der Waals surface area contributed by atoms with E-state index in [0.29, 0.717) is 6.42 Å². The molecule has 160 valence electrons. The molecule has 1 amide bonds. The second-order valence-corrected chi connectivity index (χ2v) is 8.75. The molecule has 1 aromatic heterocycles. The standard InChI is InChI=1S/C24H25N3O3S/c1-29-20-8-6-17(7-9-20)23-25-19(16-31-23)15-26-10-12-27(13-11-26)24(28)22-14-18-4-2-3-5-21(18)30-22/h2-9,16,22H,10-15H2,1H3. The number of para-hydroxylation sites is 1. The van der Waals surface area contributed by atoms with Crippen LogP contribution in [0.1, 0.15) is 11.3 Å². The van der Waals surface area contributed by atoms with Gasteiger partial charge in [0.05, 0.1) is 12.8 Å². The van der Waals surface area contributed by atoms with Crippen molar-refractivity contribution in [3.63, 3.8) is 0 Å². The number of thiazole rings is 1. The minimum absolute atomic E-state index is 0.103. The first-order valence-electron chi connectivity index (χ1n) is 10.5. The van der Waals surface area contributed by atoms with Gasteiger partial charge in [-0.3, -0.25) is 9.69 Å². The molecule has 2 aliphatic rings. The van der Waals surface area contributed by atoms with Crippen LogP contribution in [0.3, 0.4) is 0 Å². The highest BCUT2D eigenvalue weighted by Crippen LogP contribution is 2.29. The molecule has 0 radical (unpaired) electrons. The van der Waals surface area contributed by atoms with Gasteiger partial charge in [0.1, 0.15) is 16.5 Å². The molecule has 3 aromatic rings. The molecule has 0 bridgehead atoms. The zero-order valence-corrected chi connectivity index (χ0v) is 18.3. The number of benzene rings is 2. The fourth-order valence-corrected chi connectivity index (χ4v) is 4.94. The molecule has 0 N–H and O–H groups in total. The summed E-state index contributed by atoms with van der Waals surface area (Å²) < 4.78 is 11.1. The number of methoxy groups -OCH3 is 1. The van der Waals surface area contributed by atoms with E-state index in [4.69, 9.17) is 14.5 Å². The number of piperazine rings is 1. The van der Waals surface area contributed by atoms with Crippen LogP contribution in [0.25, 0.3) is 10.6 Å². The van der Waals surface area contributed by atoms with Crippen LogP contribution in [0.2, 0.25) is 0 Å². The number of rotatable bonds is 5. The Morgan fingerprint density at radius 2 is 1.90 bits per heavy atom. The van der Waals surface area contributed by atoms with E-state index in [-0.39, 0.29) is 12.0 Å². The lowest BCUT2D eigenvalue weighted by Crippen LogP contribution is -2.51. The number of fused-ring (bicyclic) bond motifs is 1. The Labute approximate surface area is 186 Å². The Morgan fingerprint density at radius 1 is 1.13 bits per heavy atom. The van der Waals surface area contributed by atoms with Crippen LogP contribution in [0.15, 0.2) is 53.9 Å². The maximum atomic E-state index is 12.9. The van der Waals surface area contributed by atoms with Crippen LogP contribution in [-0.4, -0.2) is 60.1 Å². The van der Waals surface area contributed by atoms with Gasteiger partial charge in [-0.2, -0.15) is 0 Å². The minimum atomic E-state index is -0.380. The average Bonchev–Trinajstić information content (AvgIpc) is 3.46. The van der Waals surface area contributed by atoms with Crippen molar-refractivity contribution in [1.29, 1.82) is 0 Å². The summed E-state index contributed by atoms with van der Waals surface area (Å²) in [6.45, 7) is 3.96. The minimum Gasteiger partial charge on any atom is -0.497 e. The topological polar surface area (TPSA) is 54.9 Å². The van der Waals surface area contributed by atoms with Crippen molar-refractivity contribution in [2.45, 2.75) is 19.1 Å². The largest absolute Gasteiger partial charge is 0.497 e. The fraction of sp³-hybridized carbons (Fsp3) is 0.333. The van der Waals surface area contributed by atoms with Crippen molar-refractivity contribution in [2.75, 3.05) is 33.3 Å². The predicted molar refractivity (Wildman–Crippen MR) is 121 cm³/mol. The number of hydrogen-bond donors (Lipinski definition) is 0. The van der Waals surface area contributed by atoms with Crippen molar-refractivity contribution >= 4 is 17.2 Å². The van der Waals surface area contributed by atoms with Gasteiger partial charge in [-0.05, 0) is 35.9 Å². The normalized spacial score (nSPS) is 18.5. The lowest BCUT2D eigenvalue weighted by molar-refractivity contribution is -0.139. The van der Waals surface area contributed by atoms with Gasteiger partial charge in [0.2, 0.25) is 0 Å². The summed E-state index contributed by atoms with van der Waals surface area (Å²) in [6.07, 6.45) is 0.289. The van der Waals surface area contributed by atoms with Gasteiger partial charge in [-0.1, -0.05) is 18.2 Å². The molecule has 2 aromatic carbocycles. The van der Waals surface area contributed by atoms with Gasteiger partial charge in [-0.25, -0.2) is 4.98 Å². The SMILES string of the molecule is COc1ccc(-c2nc(CN3CCN(C(=O)C4Cc5ccccc5O4)CC3)cs2)cc1. The van der Waals surface area contributed by atoms with Gasteiger partial charge >= 0.3 is 0 Å². The number of aromatic nitrogens is 1. The molecule has 31 heavy (non-hydrogen) atoms. The Balaban J connectivity index is 1.14. The summed E-state index contributed by atoms with van der Waals surface area (Å²) in [5.74, 6) is 1.79. The second kappa shape index (κ2) is 8.69. The summed E-state index contributed by atoms with van der Waals surface area (Å²) in [6, 6.07) is 15.9. The van der Waals surface area contributed by atoms with Crippen molar-refractivity contribution in [1.82, 2.24) is 14.8 Å². The average molecular weight is 436 g/mol. The van der Waals surface area contributed by atoms with Crippen LogP contribution in [0.4, 0.5) is 0 Å². The van der Waals surface area contributed by atoms with Gasteiger partial charge in [0.15, 0.2) is 6.10 Å². The molecule has 5 rings (SSSR count). The molecule has 1 atom stereocenters. The van der Waals surface area contributed by atoms with Crippen LogP contribution < -0.4 is 9.47 Å². The lowest BCUT2D eigenvalue weighted by Gasteiger charge is -2.35. The van der Waals surface area contributed by atoms with Gasteiger partial charge in [-0.15, -0.1) is 11.3 Å². The number of hydrogen-bond acceptors (Lipinski definition) is 6. The second-order valence-electron chi connectivity index (χ2n) is 7.89. The molecule has 2 aliphatic heterocycles. The highest BCUT2D eigenvalue weighted by Gasteiger charge is 2.33. The molecule has 6 nitrogen and oxygen atoms in total. The summed E-state index contributed by atoms with van der Waals surface area (Å²) in [4.78, 5) is 22.0. The smallest absolute Gasteiger partial charge is 0.264 e. The molecule has 0 saturated carbocycles. The lowest BCUT2D eigenvalue weighted by atomic mass is 10.1. The van der Waals surface area contributed by atoms with Crippen molar-refractivity contribution in [3.8, 4) is 22.1 Å². The van der Waals surface area contributed by atoms with Crippen LogP contribution >= 0.6 is 11.3 Å². The molecule has 1 saturated heterocycles. The monoisotopic (exact) mass is 435 g/mol. The van der Waals surface area contributed by atoms with E-state index in [1.807, 2.05) is 53.4 Å². The van der Waals surface area contributed by atoms with E-state index in [1.54, 1.807) is 18.4 Å². The maximum Gasteiger partial charge on any atom is 0.264 e. The number of nitrogens with zero attached hydrogens (tertiary/aromatic N) is 3. The Bertz CT molecular complexity index is 1030. The Hall–Kier alpha value is -2.90. The molecule has 0 aliphatic carbocycles. The van der Waals surface area contributed by atoms with E-state index >= 15 is 0 Å². The van der Waals surface area contributed by atoms with Gasteiger partial charge < -0.3 is 14.4 Å². The highest BCUT2D eigenvalue weighted by molar-refractivity contribution is 7.13. The number of ether oxygens (including phenoxy) is 2. The van der Waals surface area contributed by atoms with Crippen LogP contribution in [0.5, 0.6) is 11.5 Å². The van der Waals surface area contributed by atoms with Crippen molar-refractivity contribution in [2.24, 2.45) is 0 Å². The van der Waals surface area contributed by atoms with E-state index in [0.717, 1.165) is 66.1 Å². The first kappa shape index (κ1) is 20.0. The number of carbonyl (C=O) groups excluding carboxylic acids is 1. The van der Waals surface area contributed by atoms with E-state index in [2.05, 4.69) is 10.3 Å². The molecule has 7 heteroatoms. The van der Waals surface area contributed by atoms with Crippen molar-refractivity contribution < 1.29 is 14.3 Å². The van der Waals surface area contributed by atoms with Crippen LogP contribution in [0, 0.1) is 0 Å². The Morgan fingerprint density at radius 3 is 2.65 bits per heavy atom. The predicted octanol–water partition coefficient (Wildman–Crippen LogP) is 3.47. The van der Waals surface area contributed by atoms with E-state index < -0.39 is 0 Å². The number of carbonyl (C=O) groups is 1. The van der Waals surface area contributed by atoms with Gasteiger partial charge in [0.25, 0.3) is 5.91 Å². The first-order valence-corrected chi connectivity index (χ1v) is 11.4. The third-order valence-electron chi connectivity index (χ3n) is 5.88. The maximum absolute atomic E-state index is 12.9.